The van der Waals surface area contributed by atoms with Crippen LogP contribution >= 0.6 is 0 Å². The maximum atomic E-state index is 14.1. The zero-order chi connectivity index (χ0) is 37.9. The summed E-state index contributed by atoms with van der Waals surface area (Å²) < 4.78 is 15.5. The SMILES string of the molecule is C=CC[C@H](NC(=O)[C@H](Cc1cccc2ccccc12)NC(=O)OCCOCCOC)C(=O)[C@@H](CC(C)C)[C@H](O)C(N)C(=O)N[C@H](CO)[C@@H](C)CC. The molecule has 0 spiro atoms. The Hall–Kier alpha value is -3.88. The average molecular weight is 715 g/mol. The first-order chi connectivity index (χ1) is 24.4. The minimum atomic E-state index is -1.59. The highest BCUT2D eigenvalue weighted by Gasteiger charge is 2.39. The molecular formula is C38H58N4O9. The molecule has 0 aliphatic heterocycles. The minimum Gasteiger partial charge on any atom is -0.447 e. The number of nitrogens with two attached hydrogens (primary N) is 1. The summed E-state index contributed by atoms with van der Waals surface area (Å²) in [6, 6.07) is 8.93. The van der Waals surface area contributed by atoms with Gasteiger partial charge < -0.3 is 46.1 Å². The standard InChI is InChI=1S/C38H58N4O9/c1-7-12-30(34(44)29(21-24(3)4)35(45)33(39)37(47)41-32(23-43)25(5)8-2)40-36(46)31(42-38(48)51-20-19-50-18-17-49-6)22-27-15-11-14-26-13-9-10-16-28(26)27/h7,9-11,13-16,24-25,29-33,35,43,45H,1,8,12,17-23,39H2,2-6H3,(H,40,46)(H,41,47)(H,42,48)/t25-,29+,30-,31-,32+,33?,35-/m0/s1. The number of nitrogens with one attached hydrogen (secondary N) is 3. The molecular weight excluding hydrogens is 656 g/mol. The quantitative estimate of drug-likeness (QED) is 0.0695. The molecule has 0 fully saturated rings. The van der Waals surface area contributed by atoms with Crippen molar-refractivity contribution in [2.75, 3.05) is 40.1 Å². The summed E-state index contributed by atoms with van der Waals surface area (Å²) >= 11 is 0. The van der Waals surface area contributed by atoms with Crippen LogP contribution in [0.2, 0.25) is 0 Å². The molecule has 0 aliphatic rings. The Morgan fingerprint density at radius 2 is 1.61 bits per heavy atom. The molecule has 13 nitrogen and oxygen atoms in total. The normalized spacial score (nSPS) is 15.5. The average Bonchev–Trinajstić information content (AvgIpc) is 3.12. The number of carbonyl (C=O) groups is 4. The number of amides is 3. The molecule has 7 atom stereocenters. The van der Waals surface area contributed by atoms with E-state index in [1.807, 2.05) is 70.2 Å². The molecule has 2 aromatic carbocycles. The van der Waals surface area contributed by atoms with Gasteiger partial charge in [-0.15, -0.1) is 6.58 Å². The van der Waals surface area contributed by atoms with Crippen LogP contribution in [0, 0.1) is 17.8 Å². The summed E-state index contributed by atoms with van der Waals surface area (Å²) in [4.78, 5) is 54.1. The Morgan fingerprint density at radius 3 is 2.25 bits per heavy atom. The molecule has 7 N–H and O–H groups in total. The zero-order valence-electron chi connectivity index (χ0n) is 30.6. The van der Waals surface area contributed by atoms with E-state index in [4.69, 9.17) is 19.9 Å². The lowest BCUT2D eigenvalue weighted by molar-refractivity contribution is -0.136. The molecule has 284 valence electrons. The van der Waals surface area contributed by atoms with Gasteiger partial charge in [0.15, 0.2) is 5.78 Å². The van der Waals surface area contributed by atoms with Crippen LogP contribution in [0.5, 0.6) is 0 Å². The minimum absolute atomic E-state index is 0.0121. The third-order valence-corrected chi connectivity index (χ3v) is 8.90. The third kappa shape index (κ3) is 14.0. The van der Waals surface area contributed by atoms with Crippen molar-refractivity contribution in [2.45, 2.75) is 83.6 Å². The first-order valence-corrected chi connectivity index (χ1v) is 17.6. The second kappa shape index (κ2) is 22.8. The van der Waals surface area contributed by atoms with Crippen LogP contribution in [-0.2, 0) is 35.0 Å². The Morgan fingerprint density at radius 1 is 0.922 bits per heavy atom. The van der Waals surface area contributed by atoms with Crippen molar-refractivity contribution < 1.29 is 43.6 Å². The van der Waals surface area contributed by atoms with E-state index >= 15 is 0 Å². The second-order valence-corrected chi connectivity index (χ2v) is 13.2. The first kappa shape index (κ1) is 43.3. The summed E-state index contributed by atoms with van der Waals surface area (Å²) in [5, 5.41) is 31.1. The molecule has 3 amide bonds. The molecule has 13 heteroatoms. The molecule has 0 radical (unpaired) electrons. The number of benzene rings is 2. The van der Waals surface area contributed by atoms with Gasteiger partial charge in [-0.05, 0) is 41.0 Å². The Labute approximate surface area is 301 Å². The molecule has 0 saturated heterocycles. The van der Waals surface area contributed by atoms with Crippen molar-refractivity contribution in [1.29, 1.82) is 0 Å². The molecule has 2 aromatic rings. The number of ketones is 1. The van der Waals surface area contributed by atoms with Crippen molar-refractivity contribution >= 4 is 34.5 Å². The summed E-state index contributed by atoms with van der Waals surface area (Å²) in [7, 11) is 1.55. The second-order valence-electron chi connectivity index (χ2n) is 13.2. The maximum absolute atomic E-state index is 14.1. The van der Waals surface area contributed by atoms with Gasteiger partial charge in [-0.1, -0.05) is 82.7 Å². The van der Waals surface area contributed by atoms with Gasteiger partial charge in [0.25, 0.3) is 0 Å². The Balaban J connectivity index is 2.33. The number of alkyl carbamates (subject to hydrolysis) is 1. The van der Waals surface area contributed by atoms with Crippen LogP contribution in [0.25, 0.3) is 10.8 Å². The predicted molar refractivity (Wildman–Crippen MR) is 196 cm³/mol. The van der Waals surface area contributed by atoms with Crippen LogP contribution in [0.3, 0.4) is 0 Å². The summed E-state index contributed by atoms with van der Waals surface area (Å²) in [5.41, 5.74) is 7.01. The van der Waals surface area contributed by atoms with Gasteiger partial charge in [0.05, 0.1) is 44.6 Å². The van der Waals surface area contributed by atoms with E-state index in [2.05, 4.69) is 22.5 Å². The van der Waals surface area contributed by atoms with E-state index in [0.29, 0.717) is 19.6 Å². The summed E-state index contributed by atoms with van der Waals surface area (Å²) in [5.74, 6) is -3.15. The van der Waals surface area contributed by atoms with E-state index in [1.165, 1.54) is 6.08 Å². The maximum Gasteiger partial charge on any atom is 0.407 e. The Kier molecular flexibility index (Phi) is 19.4. The monoisotopic (exact) mass is 714 g/mol. The van der Waals surface area contributed by atoms with Crippen molar-refractivity contribution in [2.24, 2.45) is 23.5 Å². The van der Waals surface area contributed by atoms with Gasteiger partial charge in [0, 0.05) is 19.4 Å². The van der Waals surface area contributed by atoms with Gasteiger partial charge >= 0.3 is 6.09 Å². The van der Waals surface area contributed by atoms with Crippen molar-refractivity contribution in [1.82, 2.24) is 16.0 Å². The van der Waals surface area contributed by atoms with E-state index in [-0.39, 0.29) is 50.9 Å². The number of Topliss-reactive ketones (excluding diaryl/α,β-unsaturated/α-hetero) is 1. The number of ether oxygens (including phenoxy) is 3. The molecule has 51 heavy (non-hydrogen) atoms. The predicted octanol–water partition coefficient (Wildman–Crippen LogP) is 2.64. The number of hydrogen-bond donors (Lipinski definition) is 6. The fraction of sp³-hybridized carbons (Fsp3) is 0.579. The molecule has 0 heterocycles. The summed E-state index contributed by atoms with van der Waals surface area (Å²) in [6.07, 6.45) is -0.0111. The van der Waals surface area contributed by atoms with Crippen LogP contribution in [0.15, 0.2) is 55.1 Å². The zero-order valence-corrected chi connectivity index (χ0v) is 30.6. The molecule has 2 rings (SSSR count). The lowest BCUT2D eigenvalue weighted by Gasteiger charge is -2.32. The number of fused-ring (bicyclic) bond motifs is 1. The number of methoxy groups -OCH3 is 1. The number of aliphatic hydroxyl groups is 2. The van der Waals surface area contributed by atoms with Crippen LogP contribution in [0.1, 0.15) is 52.5 Å². The largest absolute Gasteiger partial charge is 0.447 e. The lowest BCUT2D eigenvalue weighted by Crippen LogP contribution is -2.58. The Bertz CT molecular complexity index is 1400. The molecule has 0 aromatic heterocycles. The smallest absolute Gasteiger partial charge is 0.407 e. The van der Waals surface area contributed by atoms with Crippen molar-refractivity contribution in [3.8, 4) is 0 Å². The summed E-state index contributed by atoms with van der Waals surface area (Å²) in [6.45, 7) is 11.8. The van der Waals surface area contributed by atoms with Gasteiger partial charge in [0.1, 0.15) is 18.7 Å². The van der Waals surface area contributed by atoms with E-state index < -0.39 is 59.9 Å². The van der Waals surface area contributed by atoms with Gasteiger partial charge in [-0.2, -0.15) is 0 Å². The van der Waals surface area contributed by atoms with Gasteiger partial charge in [-0.3, -0.25) is 14.4 Å². The number of hydrogen-bond acceptors (Lipinski definition) is 10. The number of carbonyl (C=O) groups excluding carboxylic acids is 4. The van der Waals surface area contributed by atoms with Crippen LogP contribution in [-0.4, -0.2) is 104 Å². The molecule has 0 bridgehead atoms. The van der Waals surface area contributed by atoms with E-state index in [9.17, 15) is 29.4 Å². The van der Waals surface area contributed by atoms with Gasteiger partial charge in [0.2, 0.25) is 11.8 Å². The highest BCUT2D eigenvalue weighted by molar-refractivity contribution is 5.95. The third-order valence-electron chi connectivity index (χ3n) is 8.90. The number of rotatable bonds is 24. The van der Waals surface area contributed by atoms with Crippen LogP contribution < -0.4 is 21.7 Å². The molecule has 0 saturated carbocycles. The topological polar surface area (TPSA) is 199 Å². The van der Waals surface area contributed by atoms with Crippen molar-refractivity contribution in [3.63, 3.8) is 0 Å². The van der Waals surface area contributed by atoms with Gasteiger partial charge in [-0.25, -0.2) is 4.79 Å². The first-order valence-electron chi connectivity index (χ1n) is 17.6. The van der Waals surface area contributed by atoms with Crippen molar-refractivity contribution in [3.05, 3.63) is 60.7 Å². The van der Waals surface area contributed by atoms with E-state index in [0.717, 1.165) is 16.3 Å². The molecule has 1 unspecified atom stereocenters. The highest BCUT2D eigenvalue weighted by Crippen LogP contribution is 2.23. The van der Waals surface area contributed by atoms with Crippen LogP contribution in [0.4, 0.5) is 4.79 Å². The lowest BCUT2D eigenvalue weighted by atomic mass is 9.81. The number of aliphatic hydroxyl groups excluding tert-OH is 2. The highest BCUT2D eigenvalue weighted by atomic mass is 16.6. The fourth-order valence-corrected chi connectivity index (χ4v) is 5.73. The van der Waals surface area contributed by atoms with E-state index in [1.54, 1.807) is 7.11 Å². The molecule has 0 aliphatic carbocycles. The fourth-order valence-electron chi connectivity index (χ4n) is 5.73.